The number of fused-ring (bicyclic) bond motifs is 1. The van der Waals surface area contributed by atoms with Gasteiger partial charge in [-0.1, -0.05) is 6.42 Å². The molecule has 1 N–H and O–H groups in total. The predicted molar refractivity (Wildman–Crippen MR) is 58.5 cm³/mol. The second kappa shape index (κ2) is 3.78. The number of carbonyl (C=O) groups is 1. The Kier molecular flexibility index (Phi) is 2.75. The maximum absolute atomic E-state index is 11.9. The summed E-state index contributed by atoms with van der Waals surface area (Å²) in [7, 11) is 0. The van der Waals surface area contributed by atoms with Crippen molar-refractivity contribution >= 4 is 5.97 Å². The lowest BCUT2D eigenvalue weighted by atomic mass is 9.94. The Bertz CT molecular complexity index is 257. The van der Waals surface area contributed by atoms with Crippen LogP contribution in [0.5, 0.6) is 0 Å². The first-order chi connectivity index (χ1) is 6.97. The Balaban J connectivity index is 1.96. The molecular formula is C12H21NO2. The number of carbonyl (C=O) groups excluding carboxylic acids is 1. The summed E-state index contributed by atoms with van der Waals surface area (Å²) in [6.07, 6.45) is 3.73. The van der Waals surface area contributed by atoms with Crippen molar-refractivity contribution in [3.8, 4) is 0 Å². The molecule has 2 fully saturated rings. The van der Waals surface area contributed by atoms with Crippen LogP contribution in [0.1, 0.15) is 40.0 Å². The van der Waals surface area contributed by atoms with Gasteiger partial charge in [-0.2, -0.15) is 0 Å². The Labute approximate surface area is 91.6 Å². The van der Waals surface area contributed by atoms with E-state index in [1.807, 2.05) is 20.8 Å². The van der Waals surface area contributed by atoms with Gasteiger partial charge < -0.3 is 10.1 Å². The van der Waals surface area contributed by atoms with Gasteiger partial charge in [0.2, 0.25) is 0 Å². The summed E-state index contributed by atoms with van der Waals surface area (Å²) in [5.74, 6) is 1.18. The minimum Gasteiger partial charge on any atom is -0.459 e. The molecule has 0 aromatic heterocycles. The molecule has 0 bridgehead atoms. The number of ether oxygens (including phenoxy) is 1. The summed E-state index contributed by atoms with van der Waals surface area (Å²) in [6.45, 7) is 6.76. The highest BCUT2D eigenvalue weighted by atomic mass is 16.6. The highest BCUT2D eigenvalue weighted by molar-refractivity contribution is 5.77. The van der Waals surface area contributed by atoms with E-state index in [9.17, 15) is 4.79 Å². The summed E-state index contributed by atoms with van der Waals surface area (Å²) in [4.78, 5) is 11.9. The number of hydrogen-bond donors (Lipinski definition) is 1. The Hall–Kier alpha value is -0.570. The van der Waals surface area contributed by atoms with Gasteiger partial charge in [-0.05, 0) is 52.0 Å². The van der Waals surface area contributed by atoms with Crippen molar-refractivity contribution in [2.75, 3.05) is 6.54 Å². The number of esters is 1. The zero-order chi connectivity index (χ0) is 11.1. The van der Waals surface area contributed by atoms with E-state index in [0.717, 1.165) is 6.54 Å². The van der Waals surface area contributed by atoms with Crippen LogP contribution in [-0.4, -0.2) is 24.2 Å². The SMILES string of the molecule is CC(C)(C)OC(=O)C1NCC2CCCC21. The lowest BCUT2D eigenvalue weighted by molar-refractivity contribution is -0.158. The molecule has 3 heteroatoms. The minimum atomic E-state index is -0.366. The molecule has 1 aliphatic heterocycles. The van der Waals surface area contributed by atoms with E-state index in [0.29, 0.717) is 11.8 Å². The van der Waals surface area contributed by atoms with Crippen LogP contribution in [0.15, 0.2) is 0 Å². The van der Waals surface area contributed by atoms with Crippen LogP contribution >= 0.6 is 0 Å². The molecule has 3 nitrogen and oxygen atoms in total. The lowest BCUT2D eigenvalue weighted by Gasteiger charge is -2.24. The van der Waals surface area contributed by atoms with Crippen molar-refractivity contribution in [2.24, 2.45) is 11.8 Å². The van der Waals surface area contributed by atoms with Gasteiger partial charge in [0.1, 0.15) is 11.6 Å². The molecule has 0 amide bonds. The molecule has 1 saturated heterocycles. The largest absolute Gasteiger partial charge is 0.459 e. The maximum Gasteiger partial charge on any atom is 0.323 e. The third-order valence-corrected chi connectivity index (χ3v) is 3.41. The van der Waals surface area contributed by atoms with Gasteiger partial charge in [-0.15, -0.1) is 0 Å². The van der Waals surface area contributed by atoms with E-state index in [2.05, 4.69) is 5.32 Å². The normalized spacial score (nSPS) is 35.3. The zero-order valence-corrected chi connectivity index (χ0v) is 9.88. The molecule has 1 saturated carbocycles. The quantitative estimate of drug-likeness (QED) is 0.671. The van der Waals surface area contributed by atoms with Crippen molar-refractivity contribution in [1.82, 2.24) is 5.32 Å². The molecule has 3 atom stereocenters. The fraction of sp³-hybridized carbons (Fsp3) is 0.917. The van der Waals surface area contributed by atoms with Gasteiger partial charge >= 0.3 is 5.97 Å². The van der Waals surface area contributed by atoms with Crippen LogP contribution in [0, 0.1) is 11.8 Å². The molecule has 3 unspecified atom stereocenters. The van der Waals surface area contributed by atoms with E-state index in [1.165, 1.54) is 19.3 Å². The number of hydrogen-bond acceptors (Lipinski definition) is 3. The fourth-order valence-corrected chi connectivity index (χ4v) is 2.81. The van der Waals surface area contributed by atoms with Crippen molar-refractivity contribution in [3.05, 3.63) is 0 Å². The van der Waals surface area contributed by atoms with Crippen LogP contribution in [0.2, 0.25) is 0 Å². The molecule has 0 aromatic carbocycles. The smallest absolute Gasteiger partial charge is 0.323 e. The topological polar surface area (TPSA) is 38.3 Å². The van der Waals surface area contributed by atoms with Crippen LogP contribution < -0.4 is 5.32 Å². The van der Waals surface area contributed by atoms with Crippen LogP contribution in [0.25, 0.3) is 0 Å². The Morgan fingerprint density at radius 2 is 2.07 bits per heavy atom. The van der Waals surface area contributed by atoms with Crippen molar-refractivity contribution in [3.63, 3.8) is 0 Å². The molecule has 86 valence electrons. The molecule has 2 aliphatic rings. The number of rotatable bonds is 1. The van der Waals surface area contributed by atoms with Gasteiger partial charge in [0.15, 0.2) is 0 Å². The van der Waals surface area contributed by atoms with Crippen molar-refractivity contribution < 1.29 is 9.53 Å². The average molecular weight is 211 g/mol. The van der Waals surface area contributed by atoms with E-state index in [1.54, 1.807) is 0 Å². The first-order valence-electron chi connectivity index (χ1n) is 5.93. The van der Waals surface area contributed by atoms with E-state index >= 15 is 0 Å². The number of nitrogens with one attached hydrogen (secondary N) is 1. The summed E-state index contributed by atoms with van der Waals surface area (Å²) in [5, 5.41) is 3.31. The molecule has 0 radical (unpaired) electrons. The van der Waals surface area contributed by atoms with Gasteiger partial charge in [-0.25, -0.2) is 0 Å². The van der Waals surface area contributed by atoms with Gasteiger partial charge in [0.05, 0.1) is 0 Å². The van der Waals surface area contributed by atoms with Gasteiger partial charge in [0, 0.05) is 0 Å². The zero-order valence-electron chi connectivity index (χ0n) is 9.88. The molecule has 15 heavy (non-hydrogen) atoms. The third-order valence-electron chi connectivity index (χ3n) is 3.41. The van der Waals surface area contributed by atoms with Gasteiger partial charge in [-0.3, -0.25) is 4.79 Å². The predicted octanol–water partition coefficient (Wildman–Crippen LogP) is 1.72. The molecule has 1 aliphatic carbocycles. The molecule has 0 spiro atoms. The van der Waals surface area contributed by atoms with Gasteiger partial charge in [0.25, 0.3) is 0 Å². The average Bonchev–Trinajstić information content (AvgIpc) is 2.57. The van der Waals surface area contributed by atoms with Crippen LogP contribution in [0.4, 0.5) is 0 Å². The fourth-order valence-electron chi connectivity index (χ4n) is 2.81. The van der Waals surface area contributed by atoms with Crippen LogP contribution in [0.3, 0.4) is 0 Å². The second-order valence-electron chi connectivity index (χ2n) is 5.77. The molecule has 1 heterocycles. The lowest BCUT2D eigenvalue weighted by Crippen LogP contribution is -2.40. The van der Waals surface area contributed by atoms with Crippen molar-refractivity contribution in [2.45, 2.75) is 51.7 Å². The van der Waals surface area contributed by atoms with E-state index in [-0.39, 0.29) is 17.6 Å². The standard InChI is InChI=1S/C12H21NO2/c1-12(2,3)15-11(14)10-9-6-4-5-8(9)7-13-10/h8-10,13H,4-7H2,1-3H3. The molecule has 0 aromatic rings. The third kappa shape index (κ3) is 2.33. The van der Waals surface area contributed by atoms with E-state index < -0.39 is 0 Å². The van der Waals surface area contributed by atoms with Crippen molar-refractivity contribution in [1.29, 1.82) is 0 Å². The second-order valence-corrected chi connectivity index (χ2v) is 5.77. The molecular weight excluding hydrogens is 190 g/mol. The Morgan fingerprint density at radius 1 is 1.33 bits per heavy atom. The summed E-state index contributed by atoms with van der Waals surface area (Å²) in [5.41, 5.74) is -0.366. The van der Waals surface area contributed by atoms with Crippen LogP contribution in [-0.2, 0) is 9.53 Å². The monoisotopic (exact) mass is 211 g/mol. The first-order valence-corrected chi connectivity index (χ1v) is 5.93. The Morgan fingerprint density at radius 3 is 2.73 bits per heavy atom. The first kappa shape index (κ1) is 10.9. The maximum atomic E-state index is 11.9. The molecule has 2 rings (SSSR count). The summed E-state index contributed by atoms with van der Waals surface area (Å²) >= 11 is 0. The summed E-state index contributed by atoms with van der Waals surface area (Å²) in [6, 6.07) is -0.0447. The summed E-state index contributed by atoms with van der Waals surface area (Å²) < 4.78 is 5.43. The highest BCUT2D eigenvalue weighted by Crippen LogP contribution is 2.38. The minimum absolute atomic E-state index is 0.0447. The van der Waals surface area contributed by atoms with E-state index in [4.69, 9.17) is 4.74 Å². The highest BCUT2D eigenvalue weighted by Gasteiger charge is 2.43.